The van der Waals surface area contributed by atoms with Crippen molar-refractivity contribution in [3.05, 3.63) is 61.2 Å². The van der Waals surface area contributed by atoms with Crippen LogP contribution < -0.4 is 57.1 Å². The van der Waals surface area contributed by atoms with E-state index in [1.807, 2.05) is 21.5 Å². The molecular weight excluding hydrogens is 1140 g/mol. The number of imidazole rings is 2. The first-order valence-corrected chi connectivity index (χ1v) is 23.2. The average molecular weight is 1190 g/mol. The summed E-state index contributed by atoms with van der Waals surface area (Å²) in [6.07, 6.45) is -6.19. The Morgan fingerprint density at radius 1 is 0.676 bits per heavy atom. The highest BCUT2D eigenvalue weighted by Crippen LogP contribution is 2.39. The number of amides is 5. The van der Waals surface area contributed by atoms with Crippen LogP contribution in [0.1, 0.15) is 33.1 Å². The first kappa shape index (κ1) is 61.6. The van der Waals surface area contributed by atoms with Crippen LogP contribution >= 0.6 is 15.9 Å². The molecule has 2 aliphatic rings. The highest BCUT2D eigenvalue weighted by atomic mass is 79.9. The third-order valence-corrected chi connectivity index (χ3v) is 10.9. The van der Waals surface area contributed by atoms with E-state index in [0.717, 1.165) is 9.80 Å². The summed E-state index contributed by atoms with van der Waals surface area (Å²) < 4.78 is 116. The summed E-state index contributed by atoms with van der Waals surface area (Å²) in [5, 5.41) is 24.2. The highest BCUT2D eigenvalue weighted by molar-refractivity contribution is 9.09. The van der Waals surface area contributed by atoms with Gasteiger partial charge in [0, 0.05) is 96.6 Å². The summed E-state index contributed by atoms with van der Waals surface area (Å²) in [5.74, 6) is -5.17. The number of aromatic amines is 1. The number of halogens is 11. The van der Waals surface area contributed by atoms with Crippen molar-refractivity contribution in [2.75, 3.05) is 84.8 Å². The molecule has 0 saturated heterocycles. The van der Waals surface area contributed by atoms with Gasteiger partial charge in [-0.15, -0.1) is 10.2 Å². The summed E-state index contributed by atoms with van der Waals surface area (Å²) in [6, 6.07) is 9.30. The molecule has 31 heteroatoms. The van der Waals surface area contributed by atoms with Gasteiger partial charge in [0.2, 0.25) is 17.8 Å². The topological polar surface area (TPSA) is 221 Å². The maximum atomic E-state index is 13.2. The second-order valence-corrected chi connectivity index (χ2v) is 16.7. The molecule has 2 aromatic heterocycles. The SMILES string of the molecule is CC(=O)NCCCn1cc[n+](CCCNC(C)=O)c1N=Nc1ccc2c(c1)N(C(=O)C(F)(F)F)CCN2C.CN1CCN(C(=O)C(F)(F)F)c2cc(N=Nc3ncc[nH]3)ccc21.O=C(NCCCBr)C(F)(F)F.[Br-]. The number of anilines is 4. The lowest BCUT2D eigenvalue weighted by molar-refractivity contribution is -0.683. The standard InChI is InChI=1S/C24H31F3N8O3.C14H13F3N6O.C5H7BrF3NO.BrH/c1-17(36)28-8-4-10-33-13-14-34(11-5-9-29-18(2)37)23(33)31-30-19-6-7-20-21(16-19)35(15-12-32(20)3)22(38)24(25,26)27;1-22-6-7-23(12(24)14(15,16)17)11-8-9(2-3-10(11)22)20-21-13-18-4-5-19-13;6-2-1-3-10-4(11)5(7,8)9;/h6-7,13-14,16H,4-5,8-12,15H2,1-3H3,(H-,28,29,36,37);2-5,8H,6-7H2,1H3,(H,18,19);1-3H2,(H,10,11);1H. The number of azo groups is 2. The number of carbonyl (C=O) groups is 5. The van der Waals surface area contributed by atoms with Gasteiger partial charge in [-0.25, -0.2) is 14.1 Å². The van der Waals surface area contributed by atoms with E-state index in [1.165, 1.54) is 32.2 Å². The van der Waals surface area contributed by atoms with Crippen LogP contribution in [0, 0.1) is 0 Å². The summed E-state index contributed by atoms with van der Waals surface area (Å²) in [6.45, 7) is 5.38. The van der Waals surface area contributed by atoms with E-state index in [1.54, 1.807) is 59.7 Å². The molecule has 20 nitrogen and oxygen atoms in total. The number of rotatable bonds is 15. The molecule has 4 heterocycles. The quantitative estimate of drug-likeness (QED) is 0.0443. The van der Waals surface area contributed by atoms with Gasteiger partial charge in [-0.3, -0.25) is 24.0 Å². The Kier molecular flexibility index (Phi) is 23.4. The Hall–Kier alpha value is -6.66. The Labute approximate surface area is 436 Å². The lowest BCUT2D eigenvalue weighted by Gasteiger charge is -2.35. The minimum absolute atomic E-state index is 0. The van der Waals surface area contributed by atoms with Crippen molar-refractivity contribution >= 4 is 91.5 Å². The number of alkyl halides is 10. The molecule has 2 aliphatic heterocycles. The van der Waals surface area contributed by atoms with Crippen LogP contribution in [-0.2, 0) is 37.1 Å². The smallest absolute Gasteiger partial charge is 0.471 e. The molecule has 0 radical (unpaired) electrons. The van der Waals surface area contributed by atoms with Gasteiger partial charge < -0.3 is 57.5 Å². The monoisotopic (exact) mass is 1190 g/mol. The maximum absolute atomic E-state index is 13.2. The van der Waals surface area contributed by atoms with Gasteiger partial charge in [-0.2, -0.15) is 39.5 Å². The molecule has 0 atom stereocenters. The van der Waals surface area contributed by atoms with Crippen LogP contribution in [0.4, 0.5) is 85.5 Å². The number of hydrogen-bond acceptors (Lipinski definition) is 12. The van der Waals surface area contributed by atoms with E-state index in [0.29, 0.717) is 80.3 Å². The van der Waals surface area contributed by atoms with Crippen molar-refractivity contribution in [3.63, 3.8) is 0 Å². The van der Waals surface area contributed by atoms with Crippen molar-refractivity contribution in [2.24, 2.45) is 20.5 Å². The largest absolute Gasteiger partial charge is 1.00 e. The number of fused-ring (bicyclic) bond motifs is 2. The summed E-state index contributed by atoms with van der Waals surface area (Å²) in [4.78, 5) is 67.7. The van der Waals surface area contributed by atoms with Crippen LogP contribution in [0.25, 0.3) is 0 Å². The normalized spacial score (nSPS) is 13.5. The summed E-state index contributed by atoms with van der Waals surface area (Å²) in [5.41, 5.74) is 1.89. The molecule has 5 amide bonds. The van der Waals surface area contributed by atoms with E-state index in [2.05, 4.69) is 57.0 Å². The van der Waals surface area contributed by atoms with E-state index in [4.69, 9.17) is 0 Å². The molecular formula is C43H52Br2F9N15O5. The van der Waals surface area contributed by atoms with Crippen LogP contribution in [-0.4, -0.2) is 128 Å². The predicted octanol–water partition coefficient (Wildman–Crippen LogP) is 4.21. The number of hydrogen-bond donors (Lipinski definition) is 4. The van der Waals surface area contributed by atoms with Crippen molar-refractivity contribution < 1.29 is 85.0 Å². The number of nitrogens with zero attached hydrogens (tertiary/aromatic N) is 11. The molecule has 406 valence electrons. The zero-order chi connectivity index (χ0) is 54.1. The molecule has 0 aliphatic carbocycles. The number of H-pyrrole nitrogens is 1. The molecule has 4 N–H and O–H groups in total. The van der Waals surface area contributed by atoms with Gasteiger partial charge in [0.05, 0.1) is 53.9 Å². The molecule has 4 aromatic rings. The summed E-state index contributed by atoms with van der Waals surface area (Å²) >= 11 is 3.02. The first-order chi connectivity index (χ1) is 34.3. The fourth-order valence-corrected chi connectivity index (χ4v) is 7.06. The second-order valence-electron chi connectivity index (χ2n) is 15.9. The van der Waals surface area contributed by atoms with Gasteiger partial charge >= 0.3 is 42.2 Å². The molecule has 0 fully saturated rings. The minimum Gasteiger partial charge on any atom is -1.00 e. The molecule has 74 heavy (non-hydrogen) atoms. The number of aromatic nitrogens is 4. The highest BCUT2D eigenvalue weighted by Gasteiger charge is 2.46. The van der Waals surface area contributed by atoms with Crippen molar-refractivity contribution in [2.45, 2.75) is 64.7 Å². The fraction of sp³-hybridized carbons (Fsp3) is 0.465. The fourth-order valence-electron chi connectivity index (χ4n) is 6.77. The Morgan fingerprint density at radius 3 is 1.64 bits per heavy atom. The third-order valence-electron chi connectivity index (χ3n) is 10.3. The molecule has 0 saturated carbocycles. The van der Waals surface area contributed by atoms with Crippen LogP contribution in [0.5, 0.6) is 0 Å². The predicted molar refractivity (Wildman–Crippen MR) is 252 cm³/mol. The van der Waals surface area contributed by atoms with Gasteiger partial charge in [0.25, 0.3) is 0 Å². The van der Waals surface area contributed by atoms with Crippen molar-refractivity contribution in [1.82, 2.24) is 30.5 Å². The molecule has 6 rings (SSSR count). The van der Waals surface area contributed by atoms with Crippen LogP contribution in [0.2, 0.25) is 0 Å². The van der Waals surface area contributed by atoms with Crippen molar-refractivity contribution in [3.8, 4) is 0 Å². The minimum atomic E-state index is -4.99. The Bertz CT molecular complexity index is 2540. The van der Waals surface area contributed by atoms with E-state index in [9.17, 15) is 63.5 Å². The van der Waals surface area contributed by atoms with E-state index in [-0.39, 0.29) is 78.0 Å². The van der Waals surface area contributed by atoms with Crippen molar-refractivity contribution in [1.29, 1.82) is 0 Å². The number of nitrogens with one attached hydrogen (secondary N) is 4. The lowest BCUT2D eigenvalue weighted by atomic mass is 10.1. The Balaban J connectivity index is 0.000000340. The number of carbonyl (C=O) groups excluding carboxylic acids is 5. The maximum Gasteiger partial charge on any atom is 0.471 e. The average Bonchev–Trinajstić information content (AvgIpc) is 3.99. The summed E-state index contributed by atoms with van der Waals surface area (Å²) in [7, 11) is 3.49. The lowest BCUT2D eigenvalue weighted by Crippen LogP contribution is -3.00. The van der Waals surface area contributed by atoms with Crippen LogP contribution in [0.3, 0.4) is 0 Å². The molecule has 0 bridgehead atoms. The molecule has 0 unspecified atom stereocenters. The van der Waals surface area contributed by atoms with Gasteiger partial charge in [0.15, 0.2) is 0 Å². The molecule has 2 aromatic carbocycles. The van der Waals surface area contributed by atoms with Crippen LogP contribution in [0.15, 0.2) is 81.6 Å². The van der Waals surface area contributed by atoms with Gasteiger partial charge in [0.1, 0.15) is 5.69 Å². The van der Waals surface area contributed by atoms with Gasteiger partial charge in [-0.05, 0) is 55.7 Å². The molecule has 0 spiro atoms. The number of aryl methyl sites for hydroxylation is 2. The van der Waals surface area contributed by atoms with Gasteiger partial charge in [-0.1, -0.05) is 21.0 Å². The number of benzene rings is 2. The zero-order valence-electron chi connectivity index (χ0n) is 40.1. The Morgan fingerprint density at radius 2 is 1.18 bits per heavy atom. The van der Waals surface area contributed by atoms with E-state index < -0.39 is 36.3 Å². The second kappa shape index (κ2) is 28.1. The zero-order valence-corrected chi connectivity index (χ0v) is 43.3. The first-order valence-electron chi connectivity index (χ1n) is 22.1. The third kappa shape index (κ3) is 18.7. The number of likely N-dealkylation sites (N-methyl/N-ethyl adjacent to an activating group) is 2. The van der Waals surface area contributed by atoms with E-state index >= 15 is 0 Å².